The lowest BCUT2D eigenvalue weighted by atomic mass is 9.95. The highest BCUT2D eigenvalue weighted by Gasteiger charge is 2.14. The number of hydrogen-bond donors (Lipinski definition) is 4. The van der Waals surface area contributed by atoms with Crippen molar-refractivity contribution in [1.82, 2.24) is 0 Å². The second-order valence-electron chi connectivity index (χ2n) is 8.55. The first-order valence-electron chi connectivity index (χ1n) is 11.2. The molecule has 0 radical (unpaired) electrons. The maximum absolute atomic E-state index is 12.6. The van der Waals surface area contributed by atoms with Crippen LogP contribution in [-0.4, -0.2) is 21.8 Å². The highest BCUT2D eigenvalue weighted by atomic mass is 16.3. The minimum atomic E-state index is -0.120. The highest BCUT2D eigenvalue weighted by Crippen LogP contribution is 2.25. The van der Waals surface area contributed by atoms with Crippen LogP contribution in [0.1, 0.15) is 43.0 Å². The largest absolute Gasteiger partial charge is 0.508 e. The van der Waals surface area contributed by atoms with Gasteiger partial charge in [-0.15, -0.1) is 0 Å². The smallest absolute Gasteiger partial charge is 0.167 e. The number of carbonyl (C=O) groups excluding carboxylic acids is 2. The van der Waals surface area contributed by atoms with Crippen molar-refractivity contribution in [2.24, 2.45) is 0 Å². The molecule has 0 aliphatic rings. The van der Waals surface area contributed by atoms with Crippen molar-refractivity contribution >= 4 is 22.9 Å². The van der Waals surface area contributed by atoms with Gasteiger partial charge in [-0.25, -0.2) is 0 Å². The average molecular weight is 467 g/mol. The summed E-state index contributed by atoms with van der Waals surface area (Å²) in [6.07, 6.45) is 0.619. The summed E-state index contributed by atoms with van der Waals surface area (Å²) in [6, 6.07) is 23.7. The van der Waals surface area contributed by atoms with E-state index >= 15 is 0 Å². The number of nitrogen functional groups attached to an aromatic ring is 2. The number of carbonyl (C=O) groups is 2. The molecule has 176 valence electrons. The van der Waals surface area contributed by atoms with E-state index in [2.05, 4.69) is 0 Å². The summed E-state index contributed by atoms with van der Waals surface area (Å²) in [7, 11) is 0. The molecule has 0 atom stereocenters. The van der Waals surface area contributed by atoms with E-state index in [-0.39, 0.29) is 35.9 Å². The molecule has 6 N–H and O–H groups in total. The maximum Gasteiger partial charge on any atom is 0.167 e. The van der Waals surface area contributed by atoms with Crippen molar-refractivity contribution in [3.8, 4) is 11.5 Å². The van der Waals surface area contributed by atoms with Gasteiger partial charge in [-0.2, -0.15) is 0 Å². The molecule has 4 aromatic carbocycles. The van der Waals surface area contributed by atoms with Gasteiger partial charge in [0.15, 0.2) is 11.6 Å². The number of ketones is 2. The summed E-state index contributed by atoms with van der Waals surface area (Å²) in [5.41, 5.74) is 16.4. The van der Waals surface area contributed by atoms with Gasteiger partial charge in [-0.1, -0.05) is 24.3 Å². The number of Topliss-reactive ketones (excluding diaryl/α,β-unsaturated/α-hetero) is 2. The monoisotopic (exact) mass is 466 g/mol. The van der Waals surface area contributed by atoms with Crippen LogP contribution in [0.4, 0.5) is 11.4 Å². The molecule has 0 unspecified atom stereocenters. The molecule has 0 amide bonds. The molecule has 6 heteroatoms. The predicted octanol–water partition coefficient (Wildman–Crippen LogP) is 4.70. The summed E-state index contributed by atoms with van der Waals surface area (Å²) in [4.78, 5) is 25.3. The van der Waals surface area contributed by atoms with Gasteiger partial charge in [-0.3, -0.25) is 9.59 Å². The van der Waals surface area contributed by atoms with Crippen LogP contribution in [0.25, 0.3) is 0 Å². The van der Waals surface area contributed by atoms with Gasteiger partial charge in [0.1, 0.15) is 11.5 Å². The van der Waals surface area contributed by atoms with E-state index in [1.54, 1.807) is 84.9 Å². The van der Waals surface area contributed by atoms with Crippen molar-refractivity contribution in [3.05, 3.63) is 118 Å². The minimum Gasteiger partial charge on any atom is -0.508 e. The van der Waals surface area contributed by atoms with Crippen molar-refractivity contribution in [2.45, 2.75) is 19.3 Å². The fourth-order valence-corrected chi connectivity index (χ4v) is 3.90. The van der Waals surface area contributed by atoms with Crippen molar-refractivity contribution in [3.63, 3.8) is 0 Å². The number of nitrogens with two attached hydrogens (primary N) is 2. The molecular formula is C29H26N2O4. The molecule has 0 saturated heterocycles. The molecule has 0 aromatic heterocycles. The summed E-state index contributed by atoms with van der Waals surface area (Å²) in [5, 5.41) is 20.6. The number of phenolic OH excluding ortho intramolecular Hbond substituents is 2. The zero-order chi connectivity index (χ0) is 24.9. The first kappa shape index (κ1) is 23.6. The second-order valence-corrected chi connectivity index (χ2v) is 8.55. The van der Waals surface area contributed by atoms with E-state index in [1.165, 1.54) is 0 Å². The fourth-order valence-electron chi connectivity index (χ4n) is 3.90. The molecule has 0 bridgehead atoms. The van der Waals surface area contributed by atoms with Gasteiger partial charge in [0.25, 0.3) is 0 Å². The van der Waals surface area contributed by atoms with E-state index in [1.807, 2.05) is 0 Å². The Hall–Kier alpha value is -4.58. The average Bonchev–Trinajstić information content (AvgIpc) is 2.84. The van der Waals surface area contributed by atoms with Crippen LogP contribution in [0, 0.1) is 0 Å². The quantitative estimate of drug-likeness (QED) is 0.220. The van der Waals surface area contributed by atoms with Gasteiger partial charge < -0.3 is 21.7 Å². The Morgan fingerprint density at radius 3 is 1.31 bits per heavy atom. The van der Waals surface area contributed by atoms with Crippen LogP contribution in [0.5, 0.6) is 11.5 Å². The number of hydrogen-bond acceptors (Lipinski definition) is 6. The van der Waals surface area contributed by atoms with Crippen molar-refractivity contribution in [2.75, 3.05) is 11.5 Å². The fraction of sp³-hybridized carbons (Fsp3) is 0.103. The molecule has 6 nitrogen and oxygen atoms in total. The van der Waals surface area contributed by atoms with Crippen LogP contribution >= 0.6 is 0 Å². The summed E-state index contributed by atoms with van der Waals surface area (Å²) in [5.74, 6) is -0.132. The molecule has 4 rings (SSSR count). The van der Waals surface area contributed by atoms with Gasteiger partial charge in [0.2, 0.25) is 0 Å². The summed E-state index contributed by atoms with van der Waals surface area (Å²) < 4.78 is 0. The minimum absolute atomic E-state index is 0.0537. The lowest BCUT2D eigenvalue weighted by Crippen LogP contribution is -2.05. The first-order chi connectivity index (χ1) is 16.8. The second kappa shape index (κ2) is 10.1. The zero-order valence-electron chi connectivity index (χ0n) is 19.1. The number of aromatic hydroxyl groups is 2. The summed E-state index contributed by atoms with van der Waals surface area (Å²) in [6.45, 7) is 0. The Labute approximate surface area is 203 Å². The molecule has 4 aromatic rings. The van der Waals surface area contributed by atoms with E-state index < -0.39 is 0 Å². The van der Waals surface area contributed by atoms with Crippen LogP contribution in [0.2, 0.25) is 0 Å². The number of benzene rings is 4. The van der Waals surface area contributed by atoms with E-state index in [0.29, 0.717) is 40.0 Å². The van der Waals surface area contributed by atoms with Crippen LogP contribution < -0.4 is 11.5 Å². The van der Waals surface area contributed by atoms with Crippen LogP contribution in [-0.2, 0) is 19.3 Å². The van der Waals surface area contributed by atoms with Gasteiger partial charge >= 0.3 is 0 Å². The first-order valence-corrected chi connectivity index (χ1v) is 11.2. The topological polar surface area (TPSA) is 127 Å². The molecule has 0 saturated carbocycles. The van der Waals surface area contributed by atoms with E-state index in [0.717, 1.165) is 11.1 Å². The lowest BCUT2D eigenvalue weighted by molar-refractivity contribution is 0.0984. The zero-order valence-corrected chi connectivity index (χ0v) is 19.1. The molecule has 0 aliphatic heterocycles. The third kappa shape index (κ3) is 5.86. The van der Waals surface area contributed by atoms with Crippen LogP contribution in [0.15, 0.2) is 84.9 Å². The lowest BCUT2D eigenvalue weighted by Gasteiger charge is -2.10. The summed E-state index contributed by atoms with van der Waals surface area (Å²) >= 11 is 0. The van der Waals surface area contributed by atoms with Gasteiger partial charge in [0.05, 0.1) is 0 Å². The standard InChI is InChI=1S/C29H26N2O4/c30-24-7-3-20(4-8-24)28(34)16-22-14-18(1-11-26(22)32)13-19-2-12-27(33)23(15-19)17-29(35)21-5-9-25(31)10-6-21/h1-12,14-15,32-33H,13,16-17,30-31H2. The number of anilines is 2. The van der Waals surface area contributed by atoms with Gasteiger partial charge in [0, 0.05) is 46.5 Å². The molecule has 0 heterocycles. The Balaban J connectivity index is 1.50. The molecule has 0 spiro atoms. The third-order valence-electron chi connectivity index (χ3n) is 5.86. The Kier molecular flexibility index (Phi) is 6.83. The molecular weight excluding hydrogens is 440 g/mol. The highest BCUT2D eigenvalue weighted by molar-refractivity contribution is 5.98. The Bertz CT molecular complexity index is 1270. The van der Waals surface area contributed by atoms with Gasteiger partial charge in [-0.05, 0) is 78.2 Å². The number of rotatable bonds is 8. The molecule has 35 heavy (non-hydrogen) atoms. The third-order valence-corrected chi connectivity index (χ3v) is 5.86. The predicted molar refractivity (Wildman–Crippen MR) is 137 cm³/mol. The Morgan fingerprint density at radius 2 is 0.943 bits per heavy atom. The Morgan fingerprint density at radius 1 is 0.571 bits per heavy atom. The van der Waals surface area contributed by atoms with E-state index in [4.69, 9.17) is 11.5 Å². The molecule has 0 fully saturated rings. The van der Waals surface area contributed by atoms with Crippen molar-refractivity contribution in [1.29, 1.82) is 0 Å². The van der Waals surface area contributed by atoms with Crippen LogP contribution in [0.3, 0.4) is 0 Å². The SMILES string of the molecule is Nc1ccc(C(=O)Cc2cc(Cc3ccc(O)c(CC(=O)c4ccc(N)cc4)c3)ccc2O)cc1. The molecule has 0 aliphatic carbocycles. The van der Waals surface area contributed by atoms with E-state index in [9.17, 15) is 19.8 Å². The maximum atomic E-state index is 12.6. The van der Waals surface area contributed by atoms with Crippen molar-refractivity contribution < 1.29 is 19.8 Å². The number of phenols is 2. The normalized spacial score (nSPS) is 10.7.